The van der Waals surface area contributed by atoms with Crippen LogP contribution in [0.25, 0.3) is 5.95 Å². The fourth-order valence-electron chi connectivity index (χ4n) is 3.56. The lowest BCUT2D eigenvalue weighted by Crippen LogP contribution is -2.29. The van der Waals surface area contributed by atoms with E-state index in [9.17, 15) is 39.9 Å². The second-order valence-electron chi connectivity index (χ2n) is 8.21. The Balaban J connectivity index is 1.70. The van der Waals surface area contributed by atoms with Gasteiger partial charge in [-0.1, -0.05) is 6.07 Å². The second kappa shape index (κ2) is 10.4. The van der Waals surface area contributed by atoms with Crippen molar-refractivity contribution in [1.82, 2.24) is 30.0 Å². The Hall–Kier alpha value is -4.43. The van der Waals surface area contributed by atoms with Crippen molar-refractivity contribution in [2.75, 3.05) is 0 Å². The smallest absolute Gasteiger partial charge is 0.342 e. The maximum Gasteiger partial charge on any atom is 0.416 e. The minimum atomic E-state index is -5.15. The minimum absolute atomic E-state index is 0.0696. The first-order valence-electron chi connectivity index (χ1n) is 11.0. The van der Waals surface area contributed by atoms with Gasteiger partial charge < -0.3 is 5.32 Å². The lowest BCUT2D eigenvalue weighted by Gasteiger charge is -2.16. The summed E-state index contributed by atoms with van der Waals surface area (Å²) >= 11 is 0. The van der Waals surface area contributed by atoms with E-state index < -0.39 is 59.0 Å². The van der Waals surface area contributed by atoms with Gasteiger partial charge in [-0.15, -0.1) is 5.10 Å². The topological polar surface area (TPSA) is 85.6 Å². The first-order chi connectivity index (χ1) is 18.2. The Morgan fingerprint density at radius 2 is 1.49 bits per heavy atom. The lowest BCUT2D eigenvalue weighted by molar-refractivity contribution is -0.143. The highest BCUT2D eigenvalue weighted by Gasteiger charge is 2.37. The molecule has 39 heavy (non-hydrogen) atoms. The maximum atomic E-state index is 14.2. The molecule has 2 heterocycles. The summed E-state index contributed by atoms with van der Waals surface area (Å²) in [4.78, 5) is 25.0. The zero-order chi connectivity index (χ0) is 28.5. The van der Waals surface area contributed by atoms with Crippen LogP contribution >= 0.6 is 0 Å². The van der Waals surface area contributed by atoms with Crippen LogP contribution in [0.5, 0.6) is 0 Å². The number of benzene rings is 2. The molecule has 4 aromatic rings. The largest absolute Gasteiger partial charge is 0.416 e. The summed E-state index contributed by atoms with van der Waals surface area (Å²) in [6, 6.07) is 4.00. The molecule has 0 saturated heterocycles. The quantitative estimate of drug-likeness (QED) is 0.319. The van der Waals surface area contributed by atoms with Crippen molar-refractivity contribution >= 4 is 5.91 Å². The number of hydrogen-bond acceptors (Lipinski definition) is 5. The number of hydrogen-bond donors (Lipinski definition) is 1. The lowest BCUT2D eigenvalue weighted by atomic mass is 10.0. The van der Waals surface area contributed by atoms with Crippen LogP contribution in [0.3, 0.4) is 0 Å². The Bertz CT molecular complexity index is 1450. The minimum Gasteiger partial charge on any atom is -0.342 e. The number of nitrogens with zero attached hydrogens (tertiary/aromatic N) is 5. The average Bonchev–Trinajstić information content (AvgIpc) is 3.30. The highest BCUT2D eigenvalue weighted by Crippen LogP contribution is 2.36. The summed E-state index contributed by atoms with van der Waals surface area (Å²) in [5.74, 6) is -3.31. The van der Waals surface area contributed by atoms with Gasteiger partial charge in [0.05, 0.1) is 17.2 Å². The summed E-state index contributed by atoms with van der Waals surface area (Å²) in [5, 5.41) is 6.43. The molecule has 0 aliphatic carbocycles. The molecular weight excluding hydrogens is 540 g/mol. The molecule has 204 valence electrons. The van der Waals surface area contributed by atoms with Gasteiger partial charge in [-0.25, -0.2) is 23.7 Å². The average molecular weight is 556 g/mol. The summed E-state index contributed by atoms with van der Waals surface area (Å²) in [6.45, 7) is 1.33. The molecule has 1 unspecified atom stereocenters. The van der Waals surface area contributed by atoms with Crippen molar-refractivity contribution in [3.63, 3.8) is 0 Å². The van der Waals surface area contributed by atoms with Crippen molar-refractivity contribution in [3.05, 3.63) is 100 Å². The molecule has 0 spiro atoms. The number of carbonyl (C=O) groups is 1. The molecule has 1 atom stereocenters. The molecule has 1 N–H and O–H groups in total. The number of aromatic nitrogens is 5. The molecule has 4 rings (SSSR count). The molecule has 0 aliphatic rings. The number of alkyl halides is 6. The van der Waals surface area contributed by atoms with E-state index in [4.69, 9.17) is 0 Å². The Morgan fingerprint density at radius 3 is 2.03 bits per heavy atom. The fourth-order valence-corrected chi connectivity index (χ4v) is 3.56. The molecule has 1 amide bonds. The summed E-state index contributed by atoms with van der Waals surface area (Å²) < 4.78 is 109. The van der Waals surface area contributed by atoms with Gasteiger partial charge >= 0.3 is 12.4 Å². The van der Waals surface area contributed by atoms with Crippen molar-refractivity contribution < 1.29 is 39.9 Å². The van der Waals surface area contributed by atoms with E-state index in [1.807, 2.05) is 0 Å². The maximum absolute atomic E-state index is 14.2. The second-order valence-corrected chi connectivity index (χ2v) is 8.21. The Labute approximate surface area is 214 Å². The third-order valence-electron chi connectivity index (χ3n) is 5.40. The van der Waals surface area contributed by atoms with E-state index in [-0.39, 0.29) is 41.4 Å². The summed E-state index contributed by atoms with van der Waals surface area (Å²) in [6.07, 6.45) is -8.04. The normalized spacial score (nSPS) is 12.8. The van der Waals surface area contributed by atoms with Crippen LogP contribution in [-0.4, -0.2) is 30.6 Å². The van der Waals surface area contributed by atoms with E-state index in [1.54, 1.807) is 0 Å². The van der Waals surface area contributed by atoms with E-state index in [0.717, 1.165) is 16.8 Å². The number of amides is 1. The molecular formula is C24H16F8N6O. The van der Waals surface area contributed by atoms with Gasteiger partial charge in [0, 0.05) is 29.9 Å². The van der Waals surface area contributed by atoms with Crippen molar-refractivity contribution in [1.29, 1.82) is 0 Å². The summed E-state index contributed by atoms with van der Waals surface area (Å²) in [5.41, 5.74) is -4.58. The molecule has 0 saturated carbocycles. The number of carbonyl (C=O) groups excluding carboxylic acids is 1. The van der Waals surface area contributed by atoms with Crippen LogP contribution in [0.2, 0.25) is 0 Å². The van der Waals surface area contributed by atoms with Crippen molar-refractivity contribution in [3.8, 4) is 5.95 Å². The predicted octanol–water partition coefficient (Wildman–Crippen LogP) is 5.45. The molecule has 15 heteroatoms. The van der Waals surface area contributed by atoms with E-state index in [0.29, 0.717) is 0 Å². The van der Waals surface area contributed by atoms with Crippen LogP contribution in [0.1, 0.15) is 51.7 Å². The Kier molecular flexibility index (Phi) is 7.35. The third kappa shape index (κ3) is 6.18. The van der Waals surface area contributed by atoms with E-state index in [1.165, 1.54) is 31.5 Å². The van der Waals surface area contributed by atoms with Gasteiger partial charge in [-0.05, 0) is 43.3 Å². The van der Waals surface area contributed by atoms with Crippen molar-refractivity contribution in [2.45, 2.75) is 31.7 Å². The third-order valence-corrected chi connectivity index (χ3v) is 5.40. The predicted molar refractivity (Wildman–Crippen MR) is 118 cm³/mol. The van der Waals surface area contributed by atoms with Crippen LogP contribution < -0.4 is 5.32 Å². The van der Waals surface area contributed by atoms with Gasteiger partial charge in [0.15, 0.2) is 11.6 Å². The number of halogens is 8. The molecule has 2 aromatic heterocycles. The molecule has 0 fully saturated rings. The highest BCUT2D eigenvalue weighted by atomic mass is 19.4. The Morgan fingerprint density at radius 1 is 0.923 bits per heavy atom. The van der Waals surface area contributed by atoms with Gasteiger partial charge in [0.2, 0.25) is 0 Å². The molecule has 0 bridgehead atoms. The van der Waals surface area contributed by atoms with E-state index in [2.05, 4.69) is 25.4 Å². The van der Waals surface area contributed by atoms with Crippen molar-refractivity contribution in [2.24, 2.45) is 0 Å². The zero-order valence-electron chi connectivity index (χ0n) is 19.6. The monoisotopic (exact) mass is 556 g/mol. The van der Waals surface area contributed by atoms with Gasteiger partial charge in [-0.2, -0.15) is 31.0 Å². The number of rotatable bonds is 6. The van der Waals surface area contributed by atoms with Gasteiger partial charge in [-0.3, -0.25) is 4.79 Å². The van der Waals surface area contributed by atoms with Crippen LogP contribution in [0.4, 0.5) is 35.1 Å². The fraction of sp³-hybridized carbons (Fsp3) is 0.208. The molecule has 0 radical (unpaired) electrons. The highest BCUT2D eigenvalue weighted by molar-refractivity contribution is 5.94. The molecule has 7 nitrogen and oxygen atoms in total. The summed E-state index contributed by atoms with van der Waals surface area (Å²) in [7, 11) is 0. The SMILES string of the molecule is CC(NC(=O)c1cc(C(F)(F)F)cc(C(F)(F)F)c1)c1nc(Cc2c(F)cccc2F)nn1-c1ncccn1. The van der Waals surface area contributed by atoms with Crippen LogP contribution in [0, 0.1) is 11.6 Å². The van der Waals surface area contributed by atoms with E-state index >= 15 is 0 Å². The van der Waals surface area contributed by atoms with Gasteiger partial charge in [0.1, 0.15) is 11.6 Å². The van der Waals surface area contributed by atoms with Crippen LogP contribution in [-0.2, 0) is 18.8 Å². The van der Waals surface area contributed by atoms with Crippen LogP contribution in [0.15, 0.2) is 54.9 Å². The zero-order valence-corrected chi connectivity index (χ0v) is 19.6. The first kappa shape index (κ1) is 27.6. The molecule has 2 aromatic carbocycles. The van der Waals surface area contributed by atoms with Gasteiger partial charge in [0.25, 0.3) is 11.9 Å². The standard InChI is InChI=1S/C24H16F8N6O/c1-12(35-21(39)13-8-14(23(27,28)29)10-15(9-13)24(30,31)32)20-36-19(11-16-17(25)4-2-5-18(16)26)37-38(20)22-33-6-3-7-34-22/h2-10,12H,11H2,1H3,(H,35,39). The first-order valence-corrected chi connectivity index (χ1v) is 11.0. The molecule has 0 aliphatic heterocycles. The number of nitrogens with one attached hydrogen (secondary N) is 1.